The van der Waals surface area contributed by atoms with Gasteiger partial charge in [0.2, 0.25) is 5.91 Å². The summed E-state index contributed by atoms with van der Waals surface area (Å²) in [7, 11) is 0. The monoisotopic (exact) mass is 289 g/mol. The quantitative estimate of drug-likeness (QED) is 0.875. The molecule has 116 valence electrons. The third-order valence-electron chi connectivity index (χ3n) is 4.47. The molecule has 1 unspecified atom stereocenters. The molecule has 1 aliphatic heterocycles. The molecule has 0 saturated carbocycles. The smallest absolute Gasteiger partial charge is 0.222 e. The van der Waals surface area contributed by atoms with Gasteiger partial charge in [0.05, 0.1) is 0 Å². The maximum atomic E-state index is 12.3. The number of benzene rings is 1. The van der Waals surface area contributed by atoms with Crippen molar-refractivity contribution in [2.75, 3.05) is 19.7 Å². The normalized spacial score (nSPS) is 18.8. The molecule has 3 nitrogen and oxygen atoms in total. The van der Waals surface area contributed by atoms with Gasteiger partial charge in [-0.3, -0.25) is 4.79 Å². The average Bonchev–Trinajstić information content (AvgIpc) is 2.53. The maximum absolute atomic E-state index is 12.3. The van der Waals surface area contributed by atoms with Crippen LogP contribution in [0.3, 0.4) is 0 Å². The second-order valence-corrected chi connectivity index (χ2v) is 6.03. The molecule has 1 atom stereocenters. The van der Waals surface area contributed by atoms with Gasteiger partial charge in [0, 0.05) is 26.1 Å². The molecule has 0 aromatic heterocycles. The fourth-order valence-electron chi connectivity index (χ4n) is 3.06. The number of hydrogen-bond acceptors (Lipinski definition) is 2. The van der Waals surface area contributed by atoms with Crippen molar-refractivity contribution in [3.05, 3.63) is 35.4 Å². The van der Waals surface area contributed by atoms with E-state index in [9.17, 15) is 4.79 Å². The summed E-state index contributed by atoms with van der Waals surface area (Å²) in [5, 5.41) is 9.03. The Labute approximate surface area is 128 Å². The number of rotatable bonds is 6. The van der Waals surface area contributed by atoms with Crippen molar-refractivity contribution in [2.24, 2.45) is 5.92 Å². The molecule has 0 radical (unpaired) electrons. The zero-order valence-corrected chi connectivity index (χ0v) is 13.1. The van der Waals surface area contributed by atoms with E-state index < -0.39 is 0 Å². The number of hydrogen-bond donors (Lipinski definition) is 1. The van der Waals surface area contributed by atoms with Gasteiger partial charge < -0.3 is 10.0 Å². The van der Waals surface area contributed by atoms with E-state index in [2.05, 4.69) is 31.2 Å². The van der Waals surface area contributed by atoms with Crippen molar-refractivity contribution in [2.45, 2.75) is 45.4 Å². The van der Waals surface area contributed by atoms with E-state index in [1.807, 2.05) is 4.90 Å². The van der Waals surface area contributed by atoms with E-state index in [4.69, 9.17) is 5.11 Å². The predicted octanol–water partition coefficient (Wildman–Crippen LogP) is 2.80. The molecule has 21 heavy (non-hydrogen) atoms. The highest BCUT2D eigenvalue weighted by atomic mass is 16.3. The fraction of sp³-hybridized carbons (Fsp3) is 0.611. The van der Waals surface area contributed by atoms with Crippen LogP contribution in [-0.2, 0) is 17.6 Å². The molecular weight excluding hydrogens is 262 g/mol. The van der Waals surface area contributed by atoms with Crippen LogP contribution in [0.2, 0.25) is 0 Å². The Hall–Kier alpha value is -1.35. The largest absolute Gasteiger partial charge is 0.396 e. The van der Waals surface area contributed by atoms with E-state index in [1.165, 1.54) is 11.1 Å². The summed E-state index contributed by atoms with van der Waals surface area (Å²) >= 11 is 0. The number of piperidine rings is 1. The second-order valence-electron chi connectivity index (χ2n) is 6.03. The molecule has 3 heteroatoms. The van der Waals surface area contributed by atoms with Crippen LogP contribution < -0.4 is 0 Å². The molecular formula is C18H27NO2. The molecule has 1 aromatic rings. The van der Waals surface area contributed by atoms with Gasteiger partial charge in [0.1, 0.15) is 0 Å². The highest BCUT2D eigenvalue weighted by Crippen LogP contribution is 2.20. The van der Waals surface area contributed by atoms with Crippen LogP contribution in [0.4, 0.5) is 0 Å². The Morgan fingerprint density at radius 1 is 1.29 bits per heavy atom. The van der Waals surface area contributed by atoms with Crippen LogP contribution in [0, 0.1) is 5.92 Å². The molecule has 1 heterocycles. The Morgan fingerprint density at radius 2 is 2.00 bits per heavy atom. The molecule has 1 amide bonds. The van der Waals surface area contributed by atoms with Crippen LogP contribution in [0.15, 0.2) is 24.3 Å². The van der Waals surface area contributed by atoms with Gasteiger partial charge in [0.25, 0.3) is 0 Å². The maximum Gasteiger partial charge on any atom is 0.222 e. The third-order valence-corrected chi connectivity index (χ3v) is 4.47. The van der Waals surface area contributed by atoms with Gasteiger partial charge in [-0.05, 0) is 49.1 Å². The first-order valence-corrected chi connectivity index (χ1v) is 8.19. The zero-order valence-electron chi connectivity index (χ0n) is 13.1. The van der Waals surface area contributed by atoms with Crippen molar-refractivity contribution in [3.8, 4) is 0 Å². The first-order valence-electron chi connectivity index (χ1n) is 8.19. The zero-order chi connectivity index (χ0) is 15.1. The summed E-state index contributed by atoms with van der Waals surface area (Å²) in [6.45, 7) is 4.10. The van der Waals surface area contributed by atoms with Gasteiger partial charge in [-0.25, -0.2) is 0 Å². The van der Waals surface area contributed by atoms with Gasteiger partial charge >= 0.3 is 0 Å². The first-order chi connectivity index (χ1) is 10.2. The fourth-order valence-corrected chi connectivity index (χ4v) is 3.06. The van der Waals surface area contributed by atoms with Crippen molar-refractivity contribution in [1.82, 2.24) is 4.90 Å². The molecule has 0 aliphatic carbocycles. The summed E-state index contributed by atoms with van der Waals surface area (Å²) in [6, 6.07) is 8.57. The number of aliphatic hydroxyl groups is 1. The standard InChI is InChI=1S/C18H27NO2/c1-2-15-5-7-16(8-6-15)9-10-18(21)19-12-3-4-17(14-19)11-13-20/h5-8,17,20H,2-4,9-14H2,1H3. The van der Waals surface area contributed by atoms with Gasteiger partial charge in [0.15, 0.2) is 0 Å². The van der Waals surface area contributed by atoms with Crippen LogP contribution in [-0.4, -0.2) is 35.6 Å². The number of aryl methyl sites for hydroxylation is 2. The number of likely N-dealkylation sites (tertiary alicyclic amines) is 1. The van der Waals surface area contributed by atoms with Gasteiger partial charge in [-0.15, -0.1) is 0 Å². The minimum Gasteiger partial charge on any atom is -0.396 e. The first kappa shape index (κ1) is 16.0. The summed E-state index contributed by atoms with van der Waals surface area (Å²) in [5.74, 6) is 0.744. The molecule has 0 bridgehead atoms. The van der Waals surface area contributed by atoms with E-state index >= 15 is 0 Å². The highest BCUT2D eigenvalue weighted by Gasteiger charge is 2.22. The number of carbonyl (C=O) groups is 1. The second kappa shape index (κ2) is 8.18. The van der Waals surface area contributed by atoms with Crippen LogP contribution in [0.25, 0.3) is 0 Å². The lowest BCUT2D eigenvalue weighted by atomic mass is 9.94. The SMILES string of the molecule is CCc1ccc(CCC(=O)N2CCCC(CCO)C2)cc1. The number of aliphatic hydroxyl groups excluding tert-OH is 1. The minimum atomic E-state index is 0.233. The average molecular weight is 289 g/mol. The Balaban J connectivity index is 1.80. The summed E-state index contributed by atoms with van der Waals surface area (Å²) in [4.78, 5) is 14.3. The van der Waals surface area contributed by atoms with Crippen molar-refractivity contribution >= 4 is 5.91 Å². The van der Waals surface area contributed by atoms with E-state index in [0.717, 1.165) is 45.2 Å². The summed E-state index contributed by atoms with van der Waals surface area (Å²) in [6.07, 6.45) is 5.51. The van der Waals surface area contributed by atoms with E-state index in [0.29, 0.717) is 12.3 Å². The van der Waals surface area contributed by atoms with Crippen molar-refractivity contribution in [3.63, 3.8) is 0 Å². The van der Waals surface area contributed by atoms with Gasteiger partial charge in [-0.2, -0.15) is 0 Å². The van der Waals surface area contributed by atoms with Crippen molar-refractivity contribution in [1.29, 1.82) is 0 Å². The Morgan fingerprint density at radius 3 is 2.67 bits per heavy atom. The lowest BCUT2D eigenvalue weighted by Crippen LogP contribution is -2.40. The topological polar surface area (TPSA) is 40.5 Å². The molecule has 1 saturated heterocycles. The Kier molecular flexibility index (Phi) is 6.24. The molecule has 2 rings (SSSR count). The van der Waals surface area contributed by atoms with Crippen molar-refractivity contribution < 1.29 is 9.90 Å². The van der Waals surface area contributed by atoms with Crippen LogP contribution in [0.5, 0.6) is 0 Å². The van der Waals surface area contributed by atoms with Gasteiger partial charge in [-0.1, -0.05) is 31.2 Å². The molecule has 1 fully saturated rings. The number of amides is 1. The molecule has 1 aromatic carbocycles. The third kappa shape index (κ3) is 4.85. The minimum absolute atomic E-state index is 0.233. The Bertz CT molecular complexity index is 439. The number of nitrogens with zero attached hydrogens (tertiary/aromatic N) is 1. The summed E-state index contributed by atoms with van der Waals surface area (Å²) in [5.41, 5.74) is 2.58. The van der Waals surface area contributed by atoms with E-state index in [1.54, 1.807) is 0 Å². The van der Waals surface area contributed by atoms with Crippen LogP contribution in [0.1, 0.15) is 43.7 Å². The van der Waals surface area contributed by atoms with Crippen LogP contribution >= 0.6 is 0 Å². The number of carbonyl (C=O) groups excluding carboxylic acids is 1. The molecule has 1 N–H and O–H groups in total. The highest BCUT2D eigenvalue weighted by molar-refractivity contribution is 5.76. The lowest BCUT2D eigenvalue weighted by Gasteiger charge is -2.32. The molecule has 0 spiro atoms. The molecule has 1 aliphatic rings. The summed E-state index contributed by atoms with van der Waals surface area (Å²) < 4.78 is 0. The van der Waals surface area contributed by atoms with E-state index in [-0.39, 0.29) is 12.5 Å². The predicted molar refractivity (Wildman–Crippen MR) is 85.1 cm³/mol. The lowest BCUT2D eigenvalue weighted by molar-refractivity contribution is -0.133.